The van der Waals surface area contributed by atoms with Crippen molar-refractivity contribution in [2.24, 2.45) is 0 Å². The summed E-state index contributed by atoms with van der Waals surface area (Å²) < 4.78 is 48.3. The zero-order valence-corrected chi connectivity index (χ0v) is 37.7. The van der Waals surface area contributed by atoms with Crippen LogP contribution >= 0.6 is 15.6 Å². The second-order valence-corrected chi connectivity index (χ2v) is 18.4. The van der Waals surface area contributed by atoms with E-state index in [-0.39, 0.29) is 0 Å². The molecule has 2 aromatic carbocycles. The number of phosphoric acid groups is 2. The van der Waals surface area contributed by atoms with Gasteiger partial charge in [0.05, 0.1) is 13.2 Å². The molecule has 10 heteroatoms. The average molecular weight is 823 g/mol. The third-order valence-electron chi connectivity index (χ3n) is 10.6. The van der Waals surface area contributed by atoms with Crippen LogP contribution in [0.25, 0.3) is 0 Å². The fourth-order valence-corrected chi connectivity index (χ4v) is 8.95. The molecular formula is C46H80O8P2. The Morgan fingerprint density at radius 2 is 0.696 bits per heavy atom. The van der Waals surface area contributed by atoms with Gasteiger partial charge in [0, 0.05) is 0 Å². The van der Waals surface area contributed by atoms with Crippen molar-refractivity contribution in [2.75, 3.05) is 13.2 Å². The van der Waals surface area contributed by atoms with E-state index in [9.17, 15) is 18.9 Å². The molecule has 2 aromatic rings. The molecule has 8 nitrogen and oxygen atoms in total. The van der Waals surface area contributed by atoms with Gasteiger partial charge in [0.1, 0.15) is 11.5 Å². The van der Waals surface area contributed by atoms with E-state index in [1.165, 1.54) is 103 Å². The van der Waals surface area contributed by atoms with E-state index in [1.807, 2.05) is 12.1 Å². The molecule has 0 radical (unpaired) electrons. The molecule has 0 fully saturated rings. The first kappa shape index (κ1) is 50.5. The van der Waals surface area contributed by atoms with Crippen LogP contribution in [0, 0.1) is 0 Å². The Kier molecular flexibility index (Phi) is 28.2. The number of hydrogen-bond acceptors (Lipinski definition) is 6. The molecule has 0 heterocycles. The maximum Gasteiger partial charge on any atom is 0.527 e. The second-order valence-electron chi connectivity index (χ2n) is 15.6. The minimum absolute atomic E-state index is 0.365. The lowest BCUT2D eigenvalue weighted by atomic mass is 9.95. The molecule has 0 aromatic heterocycles. The van der Waals surface area contributed by atoms with Crippen molar-refractivity contribution in [1.82, 2.24) is 0 Å². The number of benzene rings is 2. The summed E-state index contributed by atoms with van der Waals surface area (Å²) in [5.41, 5.74) is 4.24. The molecule has 2 N–H and O–H groups in total. The number of phosphoric ester groups is 2. The van der Waals surface area contributed by atoms with Crippen LogP contribution in [0.5, 0.6) is 11.5 Å². The highest BCUT2D eigenvalue weighted by molar-refractivity contribution is 7.48. The van der Waals surface area contributed by atoms with E-state index in [1.54, 1.807) is 12.1 Å². The van der Waals surface area contributed by atoms with Crippen molar-refractivity contribution in [3.63, 3.8) is 0 Å². The summed E-state index contributed by atoms with van der Waals surface area (Å²) in [4.78, 5) is 21.5. The zero-order valence-electron chi connectivity index (χ0n) is 35.9. The fourth-order valence-electron chi connectivity index (χ4n) is 7.39. The van der Waals surface area contributed by atoms with Crippen molar-refractivity contribution >= 4 is 15.6 Å². The third-order valence-corrected chi connectivity index (χ3v) is 12.5. The first-order valence-corrected chi connectivity index (χ1v) is 25.7. The summed E-state index contributed by atoms with van der Waals surface area (Å²) in [6, 6.07) is 11.4. The maximum absolute atomic E-state index is 13.2. The van der Waals surface area contributed by atoms with Gasteiger partial charge in [0.25, 0.3) is 0 Å². The van der Waals surface area contributed by atoms with Crippen LogP contribution in [0.3, 0.4) is 0 Å². The SMILES string of the molecule is CCCCCCCCc1cccc(OP(=O)(O)OCCOP(=O)(O)Oc2cccc(CCCCCCCC)c2CCCCCCCC)c1CCCCCCCC. The first-order chi connectivity index (χ1) is 27.2. The Hall–Kier alpha value is -1.66. The van der Waals surface area contributed by atoms with Gasteiger partial charge in [-0.2, -0.15) is 0 Å². The average Bonchev–Trinajstić information content (AvgIpc) is 3.17. The van der Waals surface area contributed by atoms with Crippen LogP contribution in [0.2, 0.25) is 0 Å². The van der Waals surface area contributed by atoms with Crippen molar-refractivity contribution in [3.05, 3.63) is 58.7 Å². The molecule has 56 heavy (non-hydrogen) atoms. The number of unbranched alkanes of at least 4 members (excludes halogenated alkanes) is 20. The van der Waals surface area contributed by atoms with E-state index in [0.717, 1.165) is 99.3 Å². The molecule has 2 atom stereocenters. The van der Waals surface area contributed by atoms with Crippen molar-refractivity contribution in [1.29, 1.82) is 0 Å². The molecule has 0 saturated carbocycles. The van der Waals surface area contributed by atoms with E-state index in [2.05, 4.69) is 39.8 Å². The Balaban J connectivity index is 2.03. The van der Waals surface area contributed by atoms with Gasteiger partial charge >= 0.3 is 15.6 Å². The molecule has 322 valence electrons. The van der Waals surface area contributed by atoms with Crippen LogP contribution in [0.15, 0.2) is 36.4 Å². The van der Waals surface area contributed by atoms with Crippen LogP contribution in [-0.4, -0.2) is 23.0 Å². The number of rotatable bonds is 37. The van der Waals surface area contributed by atoms with Crippen LogP contribution in [0.1, 0.15) is 204 Å². The van der Waals surface area contributed by atoms with Gasteiger partial charge in [0.15, 0.2) is 0 Å². The van der Waals surface area contributed by atoms with E-state index in [0.29, 0.717) is 11.5 Å². The molecular weight excluding hydrogens is 742 g/mol. The number of aryl methyl sites for hydroxylation is 2. The lowest BCUT2D eigenvalue weighted by Crippen LogP contribution is -2.08. The minimum atomic E-state index is -4.56. The van der Waals surface area contributed by atoms with E-state index < -0.39 is 28.9 Å². The van der Waals surface area contributed by atoms with Gasteiger partial charge in [-0.25, -0.2) is 9.13 Å². The molecule has 0 aliphatic heterocycles. The van der Waals surface area contributed by atoms with Crippen molar-refractivity contribution in [3.8, 4) is 11.5 Å². The lowest BCUT2D eigenvalue weighted by molar-refractivity contribution is 0.139. The lowest BCUT2D eigenvalue weighted by Gasteiger charge is -2.20. The summed E-state index contributed by atoms with van der Waals surface area (Å²) >= 11 is 0. The van der Waals surface area contributed by atoms with Crippen LogP contribution < -0.4 is 9.05 Å². The van der Waals surface area contributed by atoms with Gasteiger partial charge in [-0.3, -0.25) is 18.8 Å². The minimum Gasteiger partial charge on any atom is -0.404 e. The maximum atomic E-state index is 13.2. The van der Waals surface area contributed by atoms with Crippen LogP contribution in [0.4, 0.5) is 0 Å². The van der Waals surface area contributed by atoms with Crippen molar-refractivity contribution in [2.45, 2.75) is 207 Å². The highest BCUT2D eigenvalue weighted by Crippen LogP contribution is 2.48. The largest absolute Gasteiger partial charge is 0.527 e. The Morgan fingerprint density at radius 3 is 1.02 bits per heavy atom. The summed E-state index contributed by atoms with van der Waals surface area (Å²) in [6.45, 7) is 8.03. The van der Waals surface area contributed by atoms with Gasteiger partial charge in [-0.15, -0.1) is 0 Å². The molecule has 2 unspecified atom stereocenters. The highest BCUT2D eigenvalue weighted by Gasteiger charge is 2.28. The standard InChI is InChI=1S/C46H80O8P2/c1-5-9-13-17-21-25-31-41-33-29-37-45(43(41)35-27-23-19-15-11-7-3)53-55(47,48)51-39-40-52-56(49,50)54-46-38-30-34-42(32-26-22-18-14-10-6-2)44(46)36-28-24-20-16-12-8-4/h29-30,33-34,37-38H,5-28,31-32,35-36,39-40H2,1-4H3,(H,47,48)(H,49,50). The second kappa shape index (κ2) is 31.3. The molecule has 0 amide bonds. The Bertz CT molecular complexity index is 1280. The first-order valence-electron chi connectivity index (χ1n) is 22.7. The molecule has 0 spiro atoms. The fraction of sp³-hybridized carbons (Fsp3) is 0.739. The molecule has 0 aliphatic rings. The molecule has 2 rings (SSSR count). The quantitative estimate of drug-likeness (QED) is 0.0512. The van der Waals surface area contributed by atoms with E-state index in [4.69, 9.17) is 18.1 Å². The smallest absolute Gasteiger partial charge is 0.404 e. The topological polar surface area (TPSA) is 112 Å². The third kappa shape index (κ3) is 23.1. The molecule has 0 bridgehead atoms. The molecule has 0 aliphatic carbocycles. The highest BCUT2D eigenvalue weighted by atomic mass is 31.2. The van der Waals surface area contributed by atoms with Gasteiger partial charge in [-0.05, 0) is 85.8 Å². The summed E-state index contributed by atoms with van der Waals surface area (Å²) in [7, 11) is -9.12. The summed E-state index contributed by atoms with van der Waals surface area (Å²) in [5, 5.41) is 0. The van der Waals surface area contributed by atoms with Crippen LogP contribution in [-0.2, 0) is 43.9 Å². The van der Waals surface area contributed by atoms with Gasteiger partial charge in [-0.1, -0.05) is 180 Å². The van der Waals surface area contributed by atoms with Gasteiger partial charge < -0.3 is 9.05 Å². The summed E-state index contributed by atoms with van der Waals surface area (Å²) in [6.07, 6.45) is 31.5. The Morgan fingerprint density at radius 1 is 0.411 bits per heavy atom. The predicted octanol–water partition coefficient (Wildman–Crippen LogP) is 15.0. The van der Waals surface area contributed by atoms with E-state index >= 15 is 0 Å². The zero-order chi connectivity index (χ0) is 40.7. The van der Waals surface area contributed by atoms with Crippen molar-refractivity contribution < 1.29 is 37.0 Å². The normalized spacial score (nSPS) is 13.8. The predicted molar refractivity (Wildman–Crippen MR) is 234 cm³/mol. The number of hydrogen-bond donors (Lipinski definition) is 2. The molecule has 0 saturated heterocycles. The van der Waals surface area contributed by atoms with Gasteiger partial charge in [0.2, 0.25) is 0 Å². The Labute approximate surface area is 342 Å². The monoisotopic (exact) mass is 823 g/mol. The summed E-state index contributed by atoms with van der Waals surface area (Å²) in [5.74, 6) is 0.729.